The van der Waals surface area contributed by atoms with Gasteiger partial charge >= 0.3 is 0 Å². The van der Waals surface area contributed by atoms with Crippen molar-refractivity contribution in [2.24, 2.45) is 0 Å². The first kappa shape index (κ1) is 22.4. The fourth-order valence-electron chi connectivity index (χ4n) is 4.28. The number of benzene rings is 1. The minimum absolute atomic E-state index is 0.0276. The summed E-state index contributed by atoms with van der Waals surface area (Å²) < 4.78 is 34.7. The van der Waals surface area contributed by atoms with Crippen LogP contribution in [0, 0.1) is 0 Å². The molecule has 12 heteroatoms. The van der Waals surface area contributed by atoms with E-state index in [-0.39, 0.29) is 17.9 Å². The van der Waals surface area contributed by atoms with Crippen LogP contribution in [0.4, 0.5) is 20.5 Å². The zero-order valence-electron chi connectivity index (χ0n) is 18.3. The third-order valence-corrected chi connectivity index (χ3v) is 6.00. The second-order valence-electron chi connectivity index (χ2n) is 8.34. The molecule has 1 aromatic carbocycles. The normalized spacial score (nSPS) is 20.4. The van der Waals surface area contributed by atoms with E-state index in [1.807, 2.05) is 4.90 Å². The number of rotatable bonds is 7. The van der Waals surface area contributed by atoms with Gasteiger partial charge in [-0.15, -0.1) is 0 Å². The van der Waals surface area contributed by atoms with Crippen molar-refractivity contribution in [3.8, 4) is 5.82 Å². The lowest BCUT2D eigenvalue weighted by Gasteiger charge is -2.36. The van der Waals surface area contributed by atoms with Gasteiger partial charge in [0, 0.05) is 31.2 Å². The number of amides is 1. The molecular formula is C22H25F2N7O3. The molecule has 2 aromatic heterocycles. The Hall–Kier alpha value is -3.38. The van der Waals surface area contributed by atoms with Crippen molar-refractivity contribution in [2.75, 3.05) is 43.1 Å². The van der Waals surface area contributed by atoms with E-state index in [4.69, 9.17) is 9.84 Å². The highest BCUT2D eigenvalue weighted by Gasteiger charge is 2.31. The average molecular weight is 473 g/mol. The molecule has 1 amide bonds. The summed E-state index contributed by atoms with van der Waals surface area (Å²) in [6, 6.07) is 8.61. The van der Waals surface area contributed by atoms with E-state index < -0.39 is 18.9 Å². The molecule has 10 nitrogen and oxygen atoms in total. The lowest BCUT2D eigenvalue weighted by atomic mass is 9.86. The minimum atomic E-state index is -2.78. The highest BCUT2D eigenvalue weighted by atomic mass is 19.3. The number of imidazole rings is 1. The predicted octanol–water partition coefficient (Wildman–Crippen LogP) is 1.64. The first-order chi connectivity index (χ1) is 16.5. The largest absolute Gasteiger partial charge is 0.387 e. The number of anilines is 2. The predicted molar refractivity (Wildman–Crippen MR) is 120 cm³/mol. The average Bonchev–Trinajstić information content (AvgIpc) is 3.23. The number of aliphatic hydroxyl groups excluding tert-OH is 1. The summed E-state index contributed by atoms with van der Waals surface area (Å²) in [5, 5.41) is 15.0. The molecule has 3 heterocycles. The number of para-hydroxylation sites is 2. The van der Waals surface area contributed by atoms with Crippen LogP contribution in [-0.4, -0.2) is 75.5 Å². The first-order valence-electron chi connectivity index (χ1n) is 11.2. The van der Waals surface area contributed by atoms with Gasteiger partial charge in [0.2, 0.25) is 11.9 Å². The van der Waals surface area contributed by atoms with Crippen molar-refractivity contribution in [1.29, 1.82) is 0 Å². The van der Waals surface area contributed by atoms with Gasteiger partial charge < -0.3 is 25.4 Å². The van der Waals surface area contributed by atoms with E-state index in [9.17, 15) is 13.6 Å². The van der Waals surface area contributed by atoms with Crippen LogP contribution in [0.2, 0.25) is 0 Å². The Bertz CT molecular complexity index is 1180. The maximum Gasteiger partial charge on any atom is 0.296 e. The molecule has 0 atom stereocenters. The standard InChI is InChI=1S/C22H25F2N7O3/c23-20(24)21-27-15-3-1-2-4-16(15)31(21)18-11-17(25-13-9-14(10-13)26-19(33)12-32)28-22(29-18)30-5-7-34-8-6-30/h1-4,11,13-14,20,32H,5-10,12H2,(H,26,33)(H,25,28,29)/t13-,14-. The Labute approximate surface area is 194 Å². The van der Waals surface area contributed by atoms with Crippen molar-refractivity contribution in [1.82, 2.24) is 24.8 Å². The maximum atomic E-state index is 13.9. The van der Waals surface area contributed by atoms with Crippen LogP contribution in [0.5, 0.6) is 0 Å². The third kappa shape index (κ3) is 4.50. The van der Waals surface area contributed by atoms with Crippen LogP contribution >= 0.6 is 0 Å². The summed E-state index contributed by atoms with van der Waals surface area (Å²) in [5.74, 6) is 0.433. The van der Waals surface area contributed by atoms with E-state index in [1.54, 1.807) is 30.3 Å². The number of aliphatic hydroxyl groups is 1. The van der Waals surface area contributed by atoms with Gasteiger partial charge in [0.05, 0.1) is 24.2 Å². The second kappa shape index (κ2) is 9.47. The molecule has 3 N–H and O–H groups in total. The fraction of sp³-hybridized carbons (Fsp3) is 0.455. The number of hydrogen-bond acceptors (Lipinski definition) is 8. The summed E-state index contributed by atoms with van der Waals surface area (Å²) in [6.45, 7) is 1.70. The zero-order valence-corrected chi connectivity index (χ0v) is 18.3. The highest BCUT2D eigenvalue weighted by molar-refractivity contribution is 5.78. The van der Waals surface area contributed by atoms with Gasteiger partial charge in [-0.05, 0) is 25.0 Å². The molecule has 0 bridgehead atoms. The molecular weight excluding hydrogens is 448 g/mol. The van der Waals surface area contributed by atoms with Crippen LogP contribution in [0.25, 0.3) is 16.9 Å². The molecule has 0 radical (unpaired) electrons. The van der Waals surface area contributed by atoms with Crippen LogP contribution in [-0.2, 0) is 9.53 Å². The Kier molecular flexibility index (Phi) is 6.24. The van der Waals surface area contributed by atoms with Crippen LogP contribution < -0.4 is 15.5 Å². The van der Waals surface area contributed by atoms with Crippen molar-refractivity contribution in [3.63, 3.8) is 0 Å². The van der Waals surface area contributed by atoms with Gasteiger partial charge in [-0.2, -0.15) is 9.97 Å². The highest BCUT2D eigenvalue weighted by Crippen LogP contribution is 2.30. The number of nitrogens with zero attached hydrogens (tertiary/aromatic N) is 5. The Balaban J connectivity index is 1.49. The van der Waals surface area contributed by atoms with Crippen LogP contribution in [0.15, 0.2) is 30.3 Å². The molecule has 1 saturated carbocycles. The molecule has 3 aromatic rings. The Morgan fingerprint density at radius 3 is 2.65 bits per heavy atom. The summed E-state index contributed by atoms with van der Waals surface area (Å²) >= 11 is 0. The summed E-state index contributed by atoms with van der Waals surface area (Å²) in [6.07, 6.45) is -1.46. The molecule has 180 valence electrons. The summed E-state index contributed by atoms with van der Waals surface area (Å²) in [7, 11) is 0. The minimum Gasteiger partial charge on any atom is -0.387 e. The lowest BCUT2D eigenvalue weighted by molar-refractivity contribution is -0.125. The van der Waals surface area contributed by atoms with Crippen molar-refractivity contribution >= 4 is 28.7 Å². The number of alkyl halides is 2. The Morgan fingerprint density at radius 1 is 1.15 bits per heavy atom. The van der Waals surface area contributed by atoms with Crippen LogP contribution in [0.3, 0.4) is 0 Å². The quantitative estimate of drug-likeness (QED) is 0.474. The molecule has 0 spiro atoms. The SMILES string of the molecule is O=C(CO)N[C@H]1C[C@H](Nc2cc(-n3c(C(F)F)nc4ccccc43)nc(N3CCOCC3)n2)C1. The molecule has 2 fully saturated rings. The molecule has 1 saturated heterocycles. The maximum absolute atomic E-state index is 13.9. The van der Waals surface area contributed by atoms with E-state index in [0.29, 0.717) is 67.8 Å². The number of morpholine rings is 1. The monoisotopic (exact) mass is 473 g/mol. The van der Waals surface area contributed by atoms with Crippen molar-refractivity contribution in [2.45, 2.75) is 31.4 Å². The topological polar surface area (TPSA) is 117 Å². The second-order valence-corrected chi connectivity index (χ2v) is 8.34. The lowest BCUT2D eigenvalue weighted by Crippen LogP contribution is -2.50. The van der Waals surface area contributed by atoms with Gasteiger partial charge in [-0.3, -0.25) is 9.36 Å². The molecule has 1 aliphatic carbocycles. The van der Waals surface area contributed by atoms with Crippen molar-refractivity contribution in [3.05, 3.63) is 36.2 Å². The zero-order chi connectivity index (χ0) is 23.7. The molecule has 5 rings (SSSR count). The molecule has 2 aliphatic rings. The number of halogens is 2. The molecule has 34 heavy (non-hydrogen) atoms. The van der Waals surface area contributed by atoms with Gasteiger partial charge in [0.25, 0.3) is 6.43 Å². The smallest absolute Gasteiger partial charge is 0.296 e. The summed E-state index contributed by atoms with van der Waals surface area (Å²) in [4.78, 5) is 26.8. The third-order valence-electron chi connectivity index (χ3n) is 6.00. The summed E-state index contributed by atoms with van der Waals surface area (Å²) in [5.41, 5.74) is 0.992. The fourth-order valence-corrected chi connectivity index (χ4v) is 4.28. The van der Waals surface area contributed by atoms with E-state index in [1.165, 1.54) is 4.57 Å². The molecule has 0 unspecified atom stereocenters. The van der Waals surface area contributed by atoms with E-state index >= 15 is 0 Å². The van der Waals surface area contributed by atoms with Gasteiger partial charge in [0.1, 0.15) is 18.2 Å². The number of aromatic nitrogens is 4. The first-order valence-corrected chi connectivity index (χ1v) is 11.2. The number of ether oxygens (including phenoxy) is 1. The number of nitrogens with one attached hydrogen (secondary N) is 2. The van der Waals surface area contributed by atoms with Gasteiger partial charge in [-0.1, -0.05) is 12.1 Å². The number of hydrogen-bond donors (Lipinski definition) is 3. The number of carbonyl (C=O) groups excluding carboxylic acids is 1. The van der Waals surface area contributed by atoms with Crippen molar-refractivity contribution < 1.29 is 23.4 Å². The van der Waals surface area contributed by atoms with Gasteiger partial charge in [-0.25, -0.2) is 13.8 Å². The van der Waals surface area contributed by atoms with Gasteiger partial charge in [0.15, 0.2) is 5.82 Å². The van der Waals surface area contributed by atoms with E-state index in [2.05, 4.69) is 25.6 Å². The van der Waals surface area contributed by atoms with E-state index in [0.717, 1.165) is 0 Å². The number of fused-ring (bicyclic) bond motifs is 1. The van der Waals surface area contributed by atoms with Crippen LogP contribution in [0.1, 0.15) is 25.1 Å². The molecule has 1 aliphatic heterocycles. The number of carbonyl (C=O) groups is 1. The Morgan fingerprint density at radius 2 is 1.91 bits per heavy atom.